The molecule has 1 aromatic heterocycles. The Labute approximate surface area is 145 Å². The first-order valence-electron chi connectivity index (χ1n) is 8.07. The Balaban J connectivity index is 1.79. The Morgan fingerprint density at radius 1 is 1.12 bits per heavy atom. The van der Waals surface area contributed by atoms with Crippen molar-refractivity contribution in [2.24, 2.45) is 0 Å². The van der Waals surface area contributed by atoms with Gasteiger partial charge in [0.15, 0.2) is 0 Å². The van der Waals surface area contributed by atoms with Gasteiger partial charge in [0.25, 0.3) is 0 Å². The van der Waals surface area contributed by atoms with Gasteiger partial charge in [-0.05, 0) is 48.2 Å². The summed E-state index contributed by atoms with van der Waals surface area (Å²) in [4.78, 5) is 4.07. The highest BCUT2D eigenvalue weighted by Crippen LogP contribution is 2.25. The van der Waals surface area contributed by atoms with Crippen LogP contribution >= 0.6 is 0 Å². The minimum Gasteiger partial charge on any atom is -0.391 e. The first-order valence-corrected chi connectivity index (χ1v) is 8.07. The van der Waals surface area contributed by atoms with Crippen molar-refractivity contribution in [3.8, 4) is 6.07 Å². The number of aliphatic hydroxyl groups is 1. The zero-order chi connectivity index (χ0) is 17.6. The van der Waals surface area contributed by atoms with Crippen LogP contribution in [0.4, 0.5) is 4.39 Å². The van der Waals surface area contributed by atoms with Crippen LogP contribution in [0, 0.1) is 17.1 Å². The second-order valence-corrected chi connectivity index (χ2v) is 5.92. The molecule has 0 spiro atoms. The molecule has 0 fully saturated rings. The van der Waals surface area contributed by atoms with Gasteiger partial charge in [0.1, 0.15) is 5.82 Å². The van der Waals surface area contributed by atoms with Crippen molar-refractivity contribution in [3.05, 3.63) is 89.8 Å². The van der Waals surface area contributed by atoms with Crippen LogP contribution in [0.15, 0.2) is 67.3 Å². The van der Waals surface area contributed by atoms with Crippen LogP contribution in [0.3, 0.4) is 0 Å². The number of nitrogens with zero attached hydrogens (tertiary/aromatic N) is 3. The van der Waals surface area contributed by atoms with E-state index < -0.39 is 6.10 Å². The van der Waals surface area contributed by atoms with E-state index in [2.05, 4.69) is 11.1 Å². The average Bonchev–Trinajstić information content (AvgIpc) is 3.16. The largest absolute Gasteiger partial charge is 0.391 e. The highest BCUT2D eigenvalue weighted by atomic mass is 19.1. The molecular formula is C20H18FN3O. The summed E-state index contributed by atoms with van der Waals surface area (Å²) in [6.07, 6.45) is 5.67. The second-order valence-electron chi connectivity index (χ2n) is 5.92. The van der Waals surface area contributed by atoms with Crippen molar-refractivity contribution in [3.63, 3.8) is 0 Å². The molecule has 0 bridgehead atoms. The van der Waals surface area contributed by atoms with Crippen molar-refractivity contribution in [2.75, 3.05) is 0 Å². The summed E-state index contributed by atoms with van der Waals surface area (Å²) in [6.45, 7) is 0. The van der Waals surface area contributed by atoms with Gasteiger partial charge >= 0.3 is 0 Å². The monoisotopic (exact) mass is 335 g/mol. The number of benzene rings is 2. The fourth-order valence-electron chi connectivity index (χ4n) is 2.91. The van der Waals surface area contributed by atoms with Crippen LogP contribution in [0.1, 0.15) is 29.2 Å². The standard InChI is InChI=1S/C20H18FN3O/c21-18-8-3-15(4-9-18)5-10-19(25)20(24-12-11-23-14-24)17-6-1-16(13-22)2-7-17/h1-4,6-9,11-12,14,19-20,25H,5,10H2. The molecule has 4 nitrogen and oxygen atoms in total. The number of imidazole rings is 1. The second kappa shape index (κ2) is 7.73. The van der Waals surface area contributed by atoms with Gasteiger partial charge in [-0.3, -0.25) is 0 Å². The van der Waals surface area contributed by atoms with Crippen LogP contribution in [0.2, 0.25) is 0 Å². The predicted molar refractivity (Wildman–Crippen MR) is 92.3 cm³/mol. The summed E-state index contributed by atoms with van der Waals surface area (Å²) in [6, 6.07) is 15.3. The highest BCUT2D eigenvalue weighted by molar-refractivity contribution is 5.33. The van der Waals surface area contributed by atoms with Gasteiger partial charge in [-0.1, -0.05) is 24.3 Å². The molecule has 1 N–H and O–H groups in total. The lowest BCUT2D eigenvalue weighted by atomic mass is 9.95. The van der Waals surface area contributed by atoms with Crippen molar-refractivity contribution in [1.29, 1.82) is 5.26 Å². The highest BCUT2D eigenvalue weighted by Gasteiger charge is 2.22. The lowest BCUT2D eigenvalue weighted by molar-refractivity contribution is 0.121. The van der Waals surface area contributed by atoms with E-state index in [9.17, 15) is 9.50 Å². The molecule has 0 aliphatic rings. The third-order valence-corrected chi connectivity index (χ3v) is 4.23. The number of rotatable bonds is 6. The fourth-order valence-corrected chi connectivity index (χ4v) is 2.91. The van der Waals surface area contributed by atoms with Crippen molar-refractivity contribution in [2.45, 2.75) is 25.0 Å². The van der Waals surface area contributed by atoms with Gasteiger partial charge in [-0.25, -0.2) is 9.37 Å². The summed E-state index contributed by atoms with van der Waals surface area (Å²) in [5, 5.41) is 19.7. The molecule has 126 valence electrons. The van der Waals surface area contributed by atoms with Gasteiger partial charge < -0.3 is 9.67 Å². The van der Waals surface area contributed by atoms with Gasteiger partial charge in [0, 0.05) is 12.4 Å². The zero-order valence-electron chi connectivity index (χ0n) is 13.6. The first kappa shape index (κ1) is 16.9. The predicted octanol–water partition coefficient (Wildman–Crippen LogP) is 3.48. The molecule has 3 rings (SSSR count). The molecule has 1 heterocycles. The van der Waals surface area contributed by atoms with E-state index in [0.29, 0.717) is 18.4 Å². The van der Waals surface area contributed by atoms with Crippen molar-refractivity contribution >= 4 is 0 Å². The Bertz CT molecular complexity index is 836. The van der Waals surface area contributed by atoms with Gasteiger partial charge in [0.05, 0.1) is 30.1 Å². The number of aryl methyl sites for hydroxylation is 1. The Morgan fingerprint density at radius 3 is 2.44 bits per heavy atom. The molecule has 5 heteroatoms. The fraction of sp³-hybridized carbons (Fsp3) is 0.200. The smallest absolute Gasteiger partial charge is 0.123 e. The SMILES string of the molecule is N#Cc1ccc(C(C(O)CCc2ccc(F)cc2)n2ccnc2)cc1. The van der Waals surface area contributed by atoms with E-state index in [1.54, 1.807) is 36.8 Å². The Kier molecular flexibility index (Phi) is 5.22. The van der Waals surface area contributed by atoms with Gasteiger partial charge in [0.2, 0.25) is 0 Å². The van der Waals surface area contributed by atoms with Crippen LogP contribution < -0.4 is 0 Å². The van der Waals surface area contributed by atoms with Crippen LogP contribution in [0.25, 0.3) is 0 Å². The van der Waals surface area contributed by atoms with Crippen molar-refractivity contribution in [1.82, 2.24) is 9.55 Å². The lowest BCUT2D eigenvalue weighted by Gasteiger charge is -2.25. The number of aromatic nitrogens is 2. The summed E-state index contributed by atoms with van der Waals surface area (Å²) in [5.41, 5.74) is 2.46. The minimum absolute atomic E-state index is 0.266. The third kappa shape index (κ3) is 4.11. The molecule has 0 aliphatic carbocycles. The molecule has 0 saturated carbocycles. The Hall–Kier alpha value is -2.97. The molecule has 25 heavy (non-hydrogen) atoms. The Morgan fingerprint density at radius 2 is 1.84 bits per heavy atom. The maximum Gasteiger partial charge on any atom is 0.123 e. The minimum atomic E-state index is -0.646. The van der Waals surface area contributed by atoms with E-state index in [1.807, 2.05) is 22.9 Å². The molecule has 0 amide bonds. The topological polar surface area (TPSA) is 61.8 Å². The lowest BCUT2D eigenvalue weighted by Crippen LogP contribution is -2.25. The summed E-state index contributed by atoms with van der Waals surface area (Å²) >= 11 is 0. The number of aliphatic hydroxyl groups excluding tert-OH is 1. The normalized spacial score (nSPS) is 13.2. The first-order chi connectivity index (χ1) is 12.2. The van der Waals surface area contributed by atoms with E-state index >= 15 is 0 Å². The summed E-state index contributed by atoms with van der Waals surface area (Å²) in [5.74, 6) is -0.266. The van der Waals surface area contributed by atoms with E-state index in [1.165, 1.54) is 12.1 Å². The summed E-state index contributed by atoms with van der Waals surface area (Å²) in [7, 11) is 0. The maximum absolute atomic E-state index is 13.0. The molecule has 2 unspecified atom stereocenters. The number of nitriles is 1. The van der Waals surface area contributed by atoms with Crippen molar-refractivity contribution < 1.29 is 9.50 Å². The van der Waals surface area contributed by atoms with Gasteiger partial charge in [-0.15, -0.1) is 0 Å². The molecule has 2 atom stereocenters. The molecule has 0 aliphatic heterocycles. The van der Waals surface area contributed by atoms with Crippen LogP contribution in [-0.4, -0.2) is 20.8 Å². The summed E-state index contributed by atoms with van der Waals surface area (Å²) < 4.78 is 14.9. The molecule has 0 radical (unpaired) electrons. The third-order valence-electron chi connectivity index (χ3n) is 4.23. The molecule has 0 saturated heterocycles. The number of halogens is 1. The molecule has 2 aromatic carbocycles. The van der Waals surface area contributed by atoms with E-state index in [-0.39, 0.29) is 11.9 Å². The van der Waals surface area contributed by atoms with Crippen LogP contribution in [-0.2, 0) is 6.42 Å². The van der Waals surface area contributed by atoms with E-state index in [4.69, 9.17) is 5.26 Å². The number of hydrogen-bond donors (Lipinski definition) is 1. The quantitative estimate of drug-likeness (QED) is 0.750. The molecule has 3 aromatic rings. The van der Waals surface area contributed by atoms with Crippen LogP contribution in [0.5, 0.6) is 0 Å². The maximum atomic E-state index is 13.0. The number of hydrogen-bond acceptors (Lipinski definition) is 3. The van der Waals surface area contributed by atoms with E-state index in [0.717, 1.165) is 11.1 Å². The molecular weight excluding hydrogens is 317 g/mol. The zero-order valence-corrected chi connectivity index (χ0v) is 13.6. The average molecular weight is 335 g/mol. The van der Waals surface area contributed by atoms with Gasteiger partial charge in [-0.2, -0.15) is 5.26 Å².